The molecule has 0 bridgehead atoms. The van der Waals surface area contributed by atoms with Crippen LogP contribution in [0.3, 0.4) is 0 Å². The molecule has 4 heteroatoms. The van der Waals surface area contributed by atoms with Crippen molar-refractivity contribution < 1.29 is 4.39 Å². The zero-order valence-corrected chi connectivity index (χ0v) is 11.6. The van der Waals surface area contributed by atoms with Gasteiger partial charge in [-0.2, -0.15) is 0 Å². The lowest BCUT2D eigenvalue weighted by molar-refractivity contribution is 0.293. The van der Waals surface area contributed by atoms with Gasteiger partial charge in [0.15, 0.2) is 0 Å². The molecule has 1 N–H and O–H groups in total. The van der Waals surface area contributed by atoms with Gasteiger partial charge in [0, 0.05) is 19.1 Å². The first-order chi connectivity index (χ1) is 8.15. The Bertz CT molecular complexity index is 378. The number of hydrogen-bond acceptors (Lipinski definition) is 2. The second-order valence-corrected chi connectivity index (χ2v) is 5.59. The maximum Gasteiger partial charge on any atom is 0.137 e. The smallest absolute Gasteiger partial charge is 0.137 e. The molecule has 1 aliphatic rings. The quantitative estimate of drug-likeness (QED) is 0.920. The number of rotatable bonds is 4. The summed E-state index contributed by atoms with van der Waals surface area (Å²) in [5.74, 6) is -0.200. The molecule has 2 nitrogen and oxygen atoms in total. The Hall–Kier alpha value is -0.450. The minimum absolute atomic E-state index is 0.200. The van der Waals surface area contributed by atoms with Crippen LogP contribution in [-0.4, -0.2) is 31.1 Å². The number of likely N-dealkylation sites (N-methyl/N-ethyl adjacent to an activating group) is 1. The van der Waals surface area contributed by atoms with Gasteiger partial charge < -0.3 is 10.2 Å². The summed E-state index contributed by atoms with van der Waals surface area (Å²) in [6.07, 6.45) is 2.54. The van der Waals surface area contributed by atoms with Crippen molar-refractivity contribution in [2.45, 2.75) is 25.4 Å². The molecule has 94 valence electrons. The van der Waals surface area contributed by atoms with Gasteiger partial charge in [0.05, 0.1) is 4.47 Å². The molecule has 0 amide bonds. The highest BCUT2D eigenvalue weighted by atomic mass is 79.9. The number of benzene rings is 1. The summed E-state index contributed by atoms with van der Waals surface area (Å²) in [5, 5.41) is 3.48. The van der Waals surface area contributed by atoms with Gasteiger partial charge in [-0.15, -0.1) is 0 Å². The van der Waals surface area contributed by atoms with Crippen molar-refractivity contribution in [2.75, 3.05) is 20.1 Å². The molecular formula is C13H18BrFN2. The van der Waals surface area contributed by atoms with E-state index in [2.05, 4.69) is 33.2 Å². The maximum absolute atomic E-state index is 13.1. The van der Waals surface area contributed by atoms with Crippen molar-refractivity contribution in [2.24, 2.45) is 0 Å². The fourth-order valence-corrected chi connectivity index (χ4v) is 2.73. The van der Waals surface area contributed by atoms with Crippen LogP contribution in [0, 0.1) is 5.82 Å². The Morgan fingerprint density at radius 2 is 2.35 bits per heavy atom. The number of nitrogens with one attached hydrogen (secondary N) is 1. The molecule has 1 fully saturated rings. The molecule has 0 aromatic heterocycles. The minimum Gasteiger partial charge on any atom is -0.313 e. The molecule has 0 aliphatic carbocycles. The summed E-state index contributed by atoms with van der Waals surface area (Å²) < 4.78 is 13.6. The fraction of sp³-hybridized carbons (Fsp3) is 0.538. The van der Waals surface area contributed by atoms with Gasteiger partial charge in [0.2, 0.25) is 0 Å². The van der Waals surface area contributed by atoms with E-state index in [0.717, 1.165) is 25.2 Å². The maximum atomic E-state index is 13.1. The predicted molar refractivity (Wildman–Crippen MR) is 71.5 cm³/mol. The van der Waals surface area contributed by atoms with Crippen LogP contribution in [0.2, 0.25) is 0 Å². The molecule has 0 saturated carbocycles. The lowest BCUT2D eigenvalue weighted by Gasteiger charge is -2.21. The zero-order valence-electron chi connectivity index (χ0n) is 10.0. The molecule has 1 aliphatic heterocycles. The molecule has 1 saturated heterocycles. The summed E-state index contributed by atoms with van der Waals surface area (Å²) in [5.41, 5.74) is 1.14. The van der Waals surface area contributed by atoms with E-state index >= 15 is 0 Å². The van der Waals surface area contributed by atoms with Crippen LogP contribution in [0.1, 0.15) is 18.4 Å². The van der Waals surface area contributed by atoms with E-state index < -0.39 is 0 Å². The van der Waals surface area contributed by atoms with Gasteiger partial charge in [-0.3, -0.25) is 0 Å². The largest absolute Gasteiger partial charge is 0.313 e. The third kappa shape index (κ3) is 3.76. The van der Waals surface area contributed by atoms with E-state index in [1.165, 1.54) is 18.9 Å². The SMILES string of the molecule is CN(Cc1ccc(F)c(Br)c1)CC1CCCN1. The summed E-state index contributed by atoms with van der Waals surface area (Å²) in [6, 6.07) is 5.83. The zero-order chi connectivity index (χ0) is 12.3. The molecule has 1 aromatic rings. The molecule has 1 aromatic carbocycles. The van der Waals surface area contributed by atoms with E-state index in [1.807, 2.05) is 12.1 Å². The van der Waals surface area contributed by atoms with Gasteiger partial charge in [0.25, 0.3) is 0 Å². The standard InChI is InChI=1S/C13H18BrFN2/c1-17(9-11-3-2-6-16-11)8-10-4-5-13(15)12(14)7-10/h4-5,7,11,16H,2-3,6,8-9H2,1H3. The van der Waals surface area contributed by atoms with E-state index in [0.29, 0.717) is 10.5 Å². The van der Waals surface area contributed by atoms with Crippen molar-refractivity contribution >= 4 is 15.9 Å². The molecule has 1 heterocycles. The van der Waals surface area contributed by atoms with Gasteiger partial charge in [-0.1, -0.05) is 6.07 Å². The van der Waals surface area contributed by atoms with Crippen LogP contribution in [0.15, 0.2) is 22.7 Å². The highest BCUT2D eigenvalue weighted by Crippen LogP contribution is 2.18. The van der Waals surface area contributed by atoms with Crippen molar-refractivity contribution in [1.29, 1.82) is 0 Å². The van der Waals surface area contributed by atoms with Crippen molar-refractivity contribution in [3.05, 3.63) is 34.1 Å². The summed E-state index contributed by atoms with van der Waals surface area (Å²) in [6.45, 7) is 3.05. The summed E-state index contributed by atoms with van der Waals surface area (Å²) in [7, 11) is 2.11. The molecule has 2 rings (SSSR count). The highest BCUT2D eigenvalue weighted by Gasteiger charge is 2.15. The molecular weight excluding hydrogens is 283 g/mol. The lowest BCUT2D eigenvalue weighted by atomic mass is 10.2. The predicted octanol–water partition coefficient (Wildman–Crippen LogP) is 2.77. The lowest BCUT2D eigenvalue weighted by Crippen LogP contribution is -2.34. The molecule has 1 unspecified atom stereocenters. The van der Waals surface area contributed by atoms with Crippen LogP contribution < -0.4 is 5.32 Å². The molecule has 17 heavy (non-hydrogen) atoms. The van der Waals surface area contributed by atoms with E-state index in [-0.39, 0.29) is 5.82 Å². The van der Waals surface area contributed by atoms with Gasteiger partial charge >= 0.3 is 0 Å². The first kappa shape index (κ1) is 13.0. The Morgan fingerprint density at radius 3 is 3.00 bits per heavy atom. The average Bonchev–Trinajstić information content (AvgIpc) is 2.76. The summed E-state index contributed by atoms with van der Waals surface area (Å²) in [4.78, 5) is 2.28. The van der Waals surface area contributed by atoms with Gasteiger partial charge in [-0.25, -0.2) is 4.39 Å². The highest BCUT2D eigenvalue weighted by molar-refractivity contribution is 9.10. The Balaban J connectivity index is 1.88. The van der Waals surface area contributed by atoms with Crippen LogP contribution in [-0.2, 0) is 6.54 Å². The Labute approximate surface area is 110 Å². The van der Waals surface area contributed by atoms with E-state index in [9.17, 15) is 4.39 Å². The van der Waals surface area contributed by atoms with Crippen LogP contribution >= 0.6 is 15.9 Å². The van der Waals surface area contributed by atoms with Gasteiger partial charge in [-0.05, 0) is 60.1 Å². The second-order valence-electron chi connectivity index (χ2n) is 4.74. The number of halogens is 2. The third-order valence-electron chi connectivity index (χ3n) is 3.13. The number of hydrogen-bond donors (Lipinski definition) is 1. The monoisotopic (exact) mass is 300 g/mol. The molecule has 0 radical (unpaired) electrons. The summed E-state index contributed by atoms with van der Waals surface area (Å²) >= 11 is 3.22. The fourth-order valence-electron chi connectivity index (χ4n) is 2.30. The topological polar surface area (TPSA) is 15.3 Å². The Kier molecular flexibility index (Phi) is 4.54. The first-order valence-electron chi connectivity index (χ1n) is 6.01. The van der Waals surface area contributed by atoms with Crippen LogP contribution in [0.5, 0.6) is 0 Å². The average molecular weight is 301 g/mol. The normalized spacial score (nSPS) is 20.1. The minimum atomic E-state index is -0.200. The van der Waals surface area contributed by atoms with Crippen LogP contribution in [0.4, 0.5) is 4.39 Å². The van der Waals surface area contributed by atoms with Crippen molar-refractivity contribution in [3.8, 4) is 0 Å². The van der Waals surface area contributed by atoms with Crippen LogP contribution in [0.25, 0.3) is 0 Å². The first-order valence-corrected chi connectivity index (χ1v) is 6.80. The van der Waals surface area contributed by atoms with Gasteiger partial charge in [0.1, 0.15) is 5.82 Å². The Morgan fingerprint density at radius 1 is 1.53 bits per heavy atom. The van der Waals surface area contributed by atoms with Crippen molar-refractivity contribution in [1.82, 2.24) is 10.2 Å². The molecule has 0 spiro atoms. The van der Waals surface area contributed by atoms with E-state index in [4.69, 9.17) is 0 Å². The van der Waals surface area contributed by atoms with E-state index in [1.54, 1.807) is 0 Å². The third-order valence-corrected chi connectivity index (χ3v) is 3.74. The van der Waals surface area contributed by atoms with Crippen molar-refractivity contribution in [3.63, 3.8) is 0 Å². The molecule has 1 atom stereocenters. The number of nitrogens with zero attached hydrogens (tertiary/aromatic N) is 1. The second kappa shape index (κ2) is 5.94.